The van der Waals surface area contributed by atoms with Gasteiger partial charge in [-0.3, -0.25) is 4.72 Å². The number of aryl methyl sites for hydroxylation is 1. The maximum absolute atomic E-state index is 13.8. The highest BCUT2D eigenvalue weighted by Crippen LogP contribution is 2.39. The normalized spacial score (nSPS) is 12.2. The number of hydrogen-bond donors (Lipinski definition) is 5. The lowest BCUT2D eigenvalue weighted by Crippen LogP contribution is -2.18. The predicted molar refractivity (Wildman–Crippen MR) is 137 cm³/mol. The van der Waals surface area contributed by atoms with Crippen LogP contribution in [0.25, 0.3) is 11.1 Å². The van der Waals surface area contributed by atoms with Gasteiger partial charge in [-0.25, -0.2) is 17.6 Å². The summed E-state index contributed by atoms with van der Waals surface area (Å²) in [6, 6.07) is 12.0. The van der Waals surface area contributed by atoms with E-state index in [1.165, 1.54) is 30.3 Å². The first kappa shape index (κ1) is 26.5. The van der Waals surface area contributed by atoms with Gasteiger partial charge in [-0.15, -0.1) is 0 Å². The summed E-state index contributed by atoms with van der Waals surface area (Å²) in [7, 11) is -4.30. The lowest BCUT2D eigenvalue weighted by atomic mass is 9.98. The zero-order valence-electron chi connectivity index (χ0n) is 20.3. The van der Waals surface area contributed by atoms with Crippen LogP contribution in [0.15, 0.2) is 70.1 Å². The van der Waals surface area contributed by atoms with E-state index in [1.54, 1.807) is 19.9 Å². The lowest BCUT2D eigenvalue weighted by molar-refractivity contribution is 0.0693. The number of phenolic OH excluding ortho intramolecular Hbond substituents is 1. The van der Waals surface area contributed by atoms with Crippen LogP contribution in [0.1, 0.15) is 41.1 Å². The average Bonchev–Trinajstić information content (AvgIpc) is 3.28. The SMILES string of the molecule is CCC(Nc1cc(C)on1)c1c(NS(=O)(=O)c2cccc(-c3cc(F)ccc3O)c2)ccc(C(=O)O)c1O. The second kappa shape index (κ2) is 10.4. The van der Waals surface area contributed by atoms with Crippen LogP contribution in [0, 0.1) is 12.7 Å². The Labute approximate surface area is 217 Å². The van der Waals surface area contributed by atoms with E-state index in [9.17, 15) is 32.9 Å². The zero-order valence-corrected chi connectivity index (χ0v) is 21.1. The number of halogens is 1. The Morgan fingerprint density at radius 2 is 1.87 bits per heavy atom. The molecule has 0 spiro atoms. The number of nitrogens with zero attached hydrogens (tertiary/aromatic N) is 1. The van der Waals surface area contributed by atoms with Crippen molar-refractivity contribution < 1.29 is 37.4 Å². The fraction of sp³-hybridized carbons (Fsp3) is 0.154. The van der Waals surface area contributed by atoms with Crippen molar-refractivity contribution in [2.75, 3.05) is 10.0 Å². The number of anilines is 2. The van der Waals surface area contributed by atoms with E-state index >= 15 is 0 Å². The van der Waals surface area contributed by atoms with Crippen molar-refractivity contribution in [3.8, 4) is 22.6 Å². The monoisotopic (exact) mass is 541 g/mol. The van der Waals surface area contributed by atoms with Gasteiger partial charge in [-0.1, -0.05) is 24.2 Å². The maximum atomic E-state index is 13.8. The van der Waals surface area contributed by atoms with Gasteiger partial charge in [0.2, 0.25) is 0 Å². The molecule has 38 heavy (non-hydrogen) atoms. The molecule has 10 nitrogen and oxygen atoms in total. The van der Waals surface area contributed by atoms with Gasteiger partial charge in [0.15, 0.2) is 5.82 Å². The third kappa shape index (κ3) is 5.39. The van der Waals surface area contributed by atoms with Gasteiger partial charge in [-0.05, 0) is 61.4 Å². The average molecular weight is 542 g/mol. The molecule has 0 aliphatic heterocycles. The molecule has 4 aromatic rings. The molecule has 0 fully saturated rings. The lowest BCUT2D eigenvalue weighted by Gasteiger charge is -2.23. The molecule has 1 heterocycles. The van der Waals surface area contributed by atoms with E-state index in [0.29, 0.717) is 18.0 Å². The molecule has 0 radical (unpaired) electrons. The Hall–Kier alpha value is -4.58. The Bertz CT molecular complexity index is 1620. The first-order chi connectivity index (χ1) is 18.0. The molecular formula is C26H24FN3O7S. The number of sulfonamides is 1. The number of benzene rings is 3. The molecule has 4 rings (SSSR count). The number of rotatable bonds is 9. The summed E-state index contributed by atoms with van der Waals surface area (Å²) in [5, 5.41) is 37.4. The molecule has 0 aliphatic carbocycles. The van der Waals surface area contributed by atoms with Gasteiger partial charge in [0.25, 0.3) is 10.0 Å². The topological polar surface area (TPSA) is 162 Å². The van der Waals surface area contributed by atoms with Crippen LogP contribution in [0.5, 0.6) is 11.5 Å². The summed E-state index contributed by atoms with van der Waals surface area (Å²) in [4.78, 5) is 11.5. The third-order valence-corrected chi connectivity index (χ3v) is 7.18. The van der Waals surface area contributed by atoms with Crippen molar-refractivity contribution in [1.29, 1.82) is 0 Å². The number of carboxylic acid groups (broad SMARTS) is 1. The minimum absolute atomic E-state index is 0.00411. The van der Waals surface area contributed by atoms with Gasteiger partial charge in [0, 0.05) is 17.2 Å². The highest BCUT2D eigenvalue weighted by molar-refractivity contribution is 7.92. The molecule has 0 amide bonds. The Kier molecular flexibility index (Phi) is 7.26. The fourth-order valence-corrected chi connectivity index (χ4v) is 5.11. The van der Waals surface area contributed by atoms with Crippen LogP contribution >= 0.6 is 0 Å². The maximum Gasteiger partial charge on any atom is 0.339 e. The van der Waals surface area contributed by atoms with E-state index in [2.05, 4.69) is 15.2 Å². The van der Waals surface area contributed by atoms with Crippen molar-refractivity contribution in [1.82, 2.24) is 5.16 Å². The quantitative estimate of drug-likeness (QED) is 0.190. The first-order valence-corrected chi connectivity index (χ1v) is 12.9. The van der Waals surface area contributed by atoms with Gasteiger partial charge in [0.1, 0.15) is 28.6 Å². The van der Waals surface area contributed by atoms with Crippen molar-refractivity contribution in [3.05, 3.63) is 83.4 Å². The molecule has 0 bridgehead atoms. The molecule has 5 N–H and O–H groups in total. The summed E-state index contributed by atoms with van der Waals surface area (Å²) in [5.41, 5.74) is -0.127. The number of aromatic nitrogens is 1. The standard InChI is InChI=1S/C26H24FN3O7S/c1-3-20(28-23-11-14(2)37-29-23)24-21(9-8-18(25(24)32)26(33)34)30-38(35,36)17-6-4-5-15(12-17)19-13-16(27)7-10-22(19)31/h4-13,20,30-32H,3H2,1-2H3,(H,28,29)(H,33,34). The summed E-state index contributed by atoms with van der Waals surface area (Å²) in [5.74, 6) is -2.03. The van der Waals surface area contributed by atoms with E-state index in [4.69, 9.17) is 4.52 Å². The minimum Gasteiger partial charge on any atom is -0.507 e. The van der Waals surface area contributed by atoms with Crippen LogP contribution < -0.4 is 10.0 Å². The van der Waals surface area contributed by atoms with Gasteiger partial charge in [0.05, 0.1) is 16.6 Å². The molecule has 1 unspecified atom stereocenters. The van der Waals surface area contributed by atoms with Crippen LogP contribution in [0.2, 0.25) is 0 Å². The van der Waals surface area contributed by atoms with E-state index < -0.39 is 39.2 Å². The van der Waals surface area contributed by atoms with Crippen molar-refractivity contribution in [2.45, 2.75) is 31.2 Å². The molecule has 0 saturated carbocycles. The van der Waals surface area contributed by atoms with Crippen molar-refractivity contribution in [3.63, 3.8) is 0 Å². The predicted octanol–water partition coefficient (Wildman–Crippen LogP) is 5.26. The number of carbonyl (C=O) groups is 1. The molecule has 198 valence electrons. The molecule has 0 saturated heterocycles. The van der Waals surface area contributed by atoms with E-state index in [-0.39, 0.29) is 33.0 Å². The summed E-state index contributed by atoms with van der Waals surface area (Å²) >= 11 is 0. The van der Waals surface area contributed by atoms with Gasteiger partial charge >= 0.3 is 5.97 Å². The minimum atomic E-state index is -4.30. The second-order valence-corrected chi connectivity index (χ2v) is 10.1. The van der Waals surface area contributed by atoms with Crippen molar-refractivity contribution >= 4 is 27.5 Å². The molecule has 0 aliphatic rings. The zero-order chi connectivity index (χ0) is 27.6. The molecule has 12 heteroatoms. The molecule has 3 aromatic carbocycles. The van der Waals surface area contributed by atoms with E-state index in [0.717, 1.165) is 24.3 Å². The molecule has 1 atom stereocenters. The molecule has 1 aromatic heterocycles. The number of aromatic hydroxyl groups is 2. The van der Waals surface area contributed by atoms with Crippen LogP contribution in [-0.4, -0.2) is 34.9 Å². The Balaban J connectivity index is 1.77. The van der Waals surface area contributed by atoms with Crippen molar-refractivity contribution in [2.24, 2.45) is 0 Å². The van der Waals surface area contributed by atoms with Crippen LogP contribution in [0.4, 0.5) is 15.9 Å². The fourth-order valence-electron chi connectivity index (χ4n) is 3.99. The summed E-state index contributed by atoms with van der Waals surface area (Å²) < 4.78 is 48.0. The summed E-state index contributed by atoms with van der Waals surface area (Å²) in [6.45, 7) is 3.43. The number of carboxylic acids is 1. The number of phenols is 2. The number of nitrogens with one attached hydrogen (secondary N) is 2. The smallest absolute Gasteiger partial charge is 0.339 e. The van der Waals surface area contributed by atoms with E-state index in [1.807, 2.05) is 0 Å². The van der Waals surface area contributed by atoms with Gasteiger partial charge in [-0.2, -0.15) is 0 Å². The summed E-state index contributed by atoms with van der Waals surface area (Å²) in [6.07, 6.45) is 0.311. The van der Waals surface area contributed by atoms with Crippen LogP contribution in [-0.2, 0) is 10.0 Å². The number of hydrogen-bond acceptors (Lipinski definition) is 8. The highest BCUT2D eigenvalue weighted by atomic mass is 32.2. The number of aromatic carboxylic acids is 1. The Morgan fingerprint density at radius 3 is 2.53 bits per heavy atom. The molecular weight excluding hydrogens is 517 g/mol. The van der Waals surface area contributed by atoms with Crippen LogP contribution in [0.3, 0.4) is 0 Å². The van der Waals surface area contributed by atoms with Gasteiger partial charge < -0.3 is 25.2 Å². The first-order valence-electron chi connectivity index (χ1n) is 11.4. The second-order valence-electron chi connectivity index (χ2n) is 8.45. The largest absolute Gasteiger partial charge is 0.507 e. The third-order valence-electron chi connectivity index (χ3n) is 5.81. The highest BCUT2D eigenvalue weighted by Gasteiger charge is 2.27. The Morgan fingerprint density at radius 1 is 1.11 bits per heavy atom.